The molecule has 10 heteroatoms. The van der Waals surface area contributed by atoms with Crippen LogP contribution in [0.3, 0.4) is 0 Å². The Hall–Kier alpha value is -2.72. The van der Waals surface area contributed by atoms with Crippen molar-refractivity contribution < 1.29 is 4.74 Å². The van der Waals surface area contributed by atoms with Gasteiger partial charge in [-0.05, 0) is 73.0 Å². The number of hydrogen-bond acceptors (Lipinski definition) is 8. The fourth-order valence-corrected chi connectivity index (χ4v) is 4.58. The highest BCUT2D eigenvalue weighted by atomic mass is 79.9. The molecule has 0 saturated carbocycles. The molecule has 0 spiro atoms. The molecule has 2 aromatic carbocycles. The number of ether oxygens (including phenoxy) is 1. The molecule has 0 bridgehead atoms. The number of benzene rings is 2. The Morgan fingerprint density at radius 1 is 1.03 bits per heavy atom. The van der Waals surface area contributed by atoms with Gasteiger partial charge < -0.3 is 15.0 Å². The van der Waals surface area contributed by atoms with Crippen molar-refractivity contribution in [1.29, 1.82) is 0 Å². The number of aromatic nitrogens is 3. The van der Waals surface area contributed by atoms with Gasteiger partial charge in [0.25, 0.3) is 0 Å². The number of methoxy groups -OCH3 is 1. The van der Waals surface area contributed by atoms with Crippen molar-refractivity contribution in [2.75, 3.05) is 35.8 Å². The first kappa shape index (κ1) is 24.9. The largest absolute Gasteiger partial charge is 0.495 e. The number of anilines is 4. The second-order valence-electron chi connectivity index (χ2n) is 7.28. The minimum absolute atomic E-state index is 0.337. The number of rotatable bonds is 9. The van der Waals surface area contributed by atoms with Gasteiger partial charge in [0.15, 0.2) is 0 Å². The lowest BCUT2D eigenvalue weighted by atomic mass is 10.1. The van der Waals surface area contributed by atoms with Gasteiger partial charge >= 0.3 is 0 Å². The minimum atomic E-state index is 0.337. The molecular weight excluding hydrogens is 550 g/mol. The van der Waals surface area contributed by atoms with Crippen LogP contribution in [-0.4, -0.2) is 41.4 Å². The van der Waals surface area contributed by atoms with Gasteiger partial charge in [-0.1, -0.05) is 28.1 Å². The highest BCUT2D eigenvalue weighted by Gasteiger charge is 2.13. The predicted molar refractivity (Wildman–Crippen MR) is 142 cm³/mol. The highest BCUT2D eigenvalue weighted by molar-refractivity contribution is 9.11. The molecule has 3 rings (SSSR count). The number of hydrazone groups is 1. The normalized spacial score (nSPS) is 11.0. The molecule has 2 N–H and O–H groups in total. The lowest BCUT2D eigenvalue weighted by molar-refractivity contribution is 0.411. The third-order valence-electron chi connectivity index (χ3n) is 4.92. The molecular formula is C23H27Br2N7O. The monoisotopic (exact) mass is 575 g/mol. The summed E-state index contributed by atoms with van der Waals surface area (Å²) in [5, 5.41) is 7.66. The summed E-state index contributed by atoms with van der Waals surface area (Å²) in [6.07, 6.45) is 1.66. The predicted octanol–water partition coefficient (Wildman–Crippen LogP) is 6.06. The molecule has 0 aliphatic rings. The highest BCUT2D eigenvalue weighted by Crippen LogP contribution is 2.31. The van der Waals surface area contributed by atoms with Crippen molar-refractivity contribution in [3.63, 3.8) is 0 Å². The van der Waals surface area contributed by atoms with Gasteiger partial charge in [-0.25, -0.2) is 5.43 Å². The number of aryl methyl sites for hydroxylation is 2. The molecule has 0 aliphatic heterocycles. The van der Waals surface area contributed by atoms with Gasteiger partial charge in [0.1, 0.15) is 5.75 Å². The van der Waals surface area contributed by atoms with Crippen LogP contribution in [-0.2, 0) is 0 Å². The maximum absolute atomic E-state index is 5.48. The summed E-state index contributed by atoms with van der Waals surface area (Å²) in [6, 6.07) is 10.0. The van der Waals surface area contributed by atoms with Gasteiger partial charge in [0, 0.05) is 28.8 Å². The van der Waals surface area contributed by atoms with Gasteiger partial charge in [0.05, 0.1) is 17.8 Å². The smallest absolute Gasteiger partial charge is 0.250 e. The zero-order chi connectivity index (χ0) is 24.0. The molecule has 0 radical (unpaired) electrons. The van der Waals surface area contributed by atoms with E-state index in [-0.39, 0.29) is 0 Å². The molecule has 1 heterocycles. The van der Waals surface area contributed by atoms with Crippen molar-refractivity contribution >= 4 is 61.6 Å². The van der Waals surface area contributed by atoms with Crippen LogP contribution >= 0.6 is 31.9 Å². The molecule has 3 aromatic rings. The summed E-state index contributed by atoms with van der Waals surface area (Å²) in [5.41, 5.74) is 6.93. The molecule has 0 amide bonds. The van der Waals surface area contributed by atoms with Crippen molar-refractivity contribution in [3.8, 4) is 5.75 Å². The molecule has 1 aromatic heterocycles. The molecule has 0 fully saturated rings. The zero-order valence-corrected chi connectivity index (χ0v) is 22.5. The van der Waals surface area contributed by atoms with Crippen molar-refractivity contribution in [2.24, 2.45) is 5.10 Å². The van der Waals surface area contributed by atoms with E-state index in [0.29, 0.717) is 23.6 Å². The van der Waals surface area contributed by atoms with E-state index < -0.39 is 0 Å². The Balaban J connectivity index is 1.92. The van der Waals surface area contributed by atoms with Crippen LogP contribution in [0.1, 0.15) is 30.5 Å². The van der Waals surface area contributed by atoms with Crippen LogP contribution < -0.4 is 20.4 Å². The maximum Gasteiger partial charge on any atom is 0.250 e. The Morgan fingerprint density at radius 3 is 2.45 bits per heavy atom. The van der Waals surface area contributed by atoms with Gasteiger partial charge in [-0.2, -0.15) is 20.1 Å². The van der Waals surface area contributed by atoms with Crippen LogP contribution in [0.25, 0.3) is 0 Å². The SMILES string of the molecule is CCN(CC)c1nc(N/N=C\c2cc(Br)cc(Br)c2OC)nc(Nc2cc(C)ccc2C)n1. The summed E-state index contributed by atoms with van der Waals surface area (Å²) in [7, 11) is 1.62. The van der Waals surface area contributed by atoms with Gasteiger partial charge in [-0.15, -0.1) is 0 Å². The van der Waals surface area contributed by atoms with E-state index in [1.165, 1.54) is 0 Å². The summed E-state index contributed by atoms with van der Waals surface area (Å²) in [5.74, 6) is 2.04. The molecule has 33 heavy (non-hydrogen) atoms. The lowest BCUT2D eigenvalue weighted by Crippen LogP contribution is -2.25. The molecule has 174 valence electrons. The molecule has 0 aliphatic carbocycles. The molecule has 0 unspecified atom stereocenters. The first-order valence-corrected chi connectivity index (χ1v) is 12.1. The quantitative estimate of drug-likeness (QED) is 0.236. The average molecular weight is 577 g/mol. The Morgan fingerprint density at radius 2 is 1.76 bits per heavy atom. The fourth-order valence-electron chi connectivity index (χ4n) is 3.16. The molecule has 0 saturated heterocycles. The van der Waals surface area contributed by atoms with Crippen molar-refractivity contribution in [2.45, 2.75) is 27.7 Å². The first-order valence-electron chi connectivity index (χ1n) is 10.5. The van der Waals surface area contributed by atoms with Gasteiger partial charge in [0.2, 0.25) is 17.8 Å². The van der Waals surface area contributed by atoms with E-state index in [1.807, 2.05) is 19.1 Å². The van der Waals surface area contributed by atoms with Crippen LogP contribution in [0.2, 0.25) is 0 Å². The van der Waals surface area contributed by atoms with E-state index in [4.69, 9.17) is 4.74 Å². The Bertz CT molecular complexity index is 1150. The average Bonchev–Trinajstić information content (AvgIpc) is 2.77. The lowest BCUT2D eigenvalue weighted by Gasteiger charge is -2.19. The maximum atomic E-state index is 5.48. The minimum Gasteiger partial charge on any atom is -0.495 e. The Kier molecular flexibility index (Phi) is 8.62. The summed E-state index contributed by atoms with van der Waals surface area (Å²) >= 11 is 7.00. The van der Waals surface area contributed by atoms with E-state index >= 15 is 0 Å². The number of nitrogens with zero attached hydrogens (tertiary/aromatic N) is 5. The van der Waals surface area contributed by atoms with Crippen molar-refractivity contribution in [1.82, 2.24) is 15.0 Å². The standard InChI is InChI=1S/C23H27Br2N7O/c1-6-32(7-2)23-29-21(27-19-10-14(3)8-9-15(19)4)28-22(30-23)31-26-13-16-11-17(24)12-18(25)20(16)33-5/h8-13H,6-7H2,1-5H3,(H2,27,28,29,30,31)/b26-13-. The second kappa shape index (κ2) is 11.4. The van der Waals surface area contributed by atoms with E-state index in [9.17, 15) is 0 Å². The van der Waals surface area contributed by atoms with Crippen LogP contribution in [0.15, 0.2) is 44.4 Å². The number of halogens is 2. The molecule has 0 atom stereocenters. The van der Waals surface area contributed by atoms with E-state index in [0.717, 1.165) is 44.4 Å². The Labute approximate surface area is 211 Å². The van der Waals surface area contributed by atoms with Crippen LogP contribution in [0, 0.1) is 13.8 Å². The third-order valence-corrected chi connectivity index (χ3v) is 5.97. The second-order valence-corrected chi connectivity index (χ2v) is 9.05. The van der Waals surface area contributed by atoms with Crippen molar-refractivity contribution in [3.05, 3.63) is 56.0 Å². The zero-order valence-electron chi connectivity index (χ0n) is 19.3. The number of nitrogens with one attached hydrogen (secondary N) is 2. The third kappa shape index (κ3) is 6.42. The summed E-state index contributed by atoms with van der Waals surface area (Å²) in [4.78, 5) is 15.8. The summed E-state index contributed by atoms with van der Waals surface area (Å²) in [6.45, 7) is 9.77. The van der Waals surface area contributed by atoms with Crippen LogP contribution in [0.5, 0.6) is 5.75 Å². The van der Waals surface area contributed by atoms with Crippen LogP contribution in [0.4, 0.5) is 23.5 Å². The number of hydrogen-bond donors (Lipinski definition) is 2. The fraction of sp³-hybridized carbons (Fsp3) is 0.304. The van der Waals surface area contributed by atoms with E-state index in [1.54, 1.807) is 13.3 Å². The summed E-state index contributed by atoms with van der Waals surface area (Å²) < 4.78 is 7.20. The molecule has 8 nitrogen and oxygen atoms in total. The van der Waals surface area contributed by atoms with E-state index in [2.05, 4.69) is 107 Å². The first-order chi connectivity index (χ1) is 15.8. The van der Waals surface area contributed by atoms with Gasteiger partial charge in [-0.3, -0.25) is 0 Å². The topological polar surface area (TPSA) is 87.6 Å².